The maximum atomic E-state index is 14.1. The lowest BCUT2D eigenvalue weighted by atomic mass is 10.2. The van der Waals surface area contributed by atoms with Crippen molar-refractivity contribution in [1.82, 2.24) is 20.1 Å². The molecule has 1 aromatic carbocycles. The Bertz CT molecular complexity index is 885. The Morgan fingerprint density at radius 1 is 0.969 bits per heavy atom. The minimum absolute atomic E-state index is 0.161. The van der Waals surface area contributed by atoms with Crippen molar-refractivity contribution in [1.29, 1.82) is 0 Å². The lowest BCUT2D eigenvalue weighted by molar-refractivity contribution is 0.270. The first kappa shape index (κ1) is 22.3. The molecule has 172 valence electrons. The summed E-state index contributed by atoms with van der Waals surface area (Å²) < 4.78 is 14.1. The first-order chi connectivity index (χ1) is 15.7. The zero-order valence-corrected chi connectivity index (χ0v) is 19.2. The zero-order chi connectivity index (χ0) is 22.3. The number of aromatic nitrogens is 1. The van der Waals surface area contributed by atoms with Crippen LogP contribution in [0.15, 0.2) is 47.6 Å². The van der Waals surface area contributed by atoms with Gasteiger partial charge in [0.15, 0.2) is 5.96 Å². The molecule has 0 radical (unpaired) electrons. The number of hydrogen-bond acceptors (Lipinski definition) is 5. The number of hydrogen-bond donors (Lipinski definition) is 1. The highest BCUT2D eigenvalue weighted by Crippen LogP contribution is 2.20. The average molecular weight is 440 g/mol. The van der Waals surface area contributed by atoms with Gasteiger partial charge in [-0.1, -0.05) is 25.1 Å². The van der Waals surface area contributed by atoms with Gasteiger partial charge in [-0.2, -0.15) is 0 Å². The number of nitrogens with zero attached hydrogens (tertiary/aromatic N) is 6. The highest BCUT2D eigenvalue weighted by Gasteiger charge is 2.21. The Labute approximate surface area is 190 Å². The zero-order valence-electron chi connectivity index (χ0n) is 19.2. The van der Waals surface area contributed by atoms with Gasteiger partial charge in [0.05, 0.1) is 5.69 Å². The summed E-state index contributed by atoms with van der Waals surface area (Å²) in [5.74, 6) is 1.77. The molecule has 2 saturated heterocycles. The molecule has 2 fully saturated rings. The van der Waals surface area contributed by atoms with Gasteiger partial charge in [-0.15, -0.1) is 0 Å². The molecule has 0 unspecified atom stereocenters. The highest BCUT2D eigenvalue weighted by molar-refractivity contribution is 5.80. The Balaban J connectivity index is 1.26. The first-order valence-electron chi connectivity index (χ1n) is 11.5. The third-order valence-electron chi connectivity index (χ3n) is 6.39. The minimum Gasteiger partial charge on any atom is -0.366 e. The van der Waals surface area contributed by atoms with Crippen molar-refractivity contribution in [3.8, 4) is 0 Å². The van der Waals surface area contributed by atoms with Crippen LogP contribution in [0.3, 0.4) is 0 Å². The van der Waals surface area contributed by atoms with Gasteiger partial charge in [-0.05, 0) is 30.3 Å². The number of likely N-dealkylation sites (N-methyl/N-ethyl adjacent to an activating group) is 1. The van der Waals surface area contributed by atoms with Crippen molar-refractivity contribution >= 4 is 17.5 Å². The topological polar surface area (TPSA) is 50.2 Å². The fourth-order valence-corrected chi connectivity index (χ4v) is 4.38. The van der Waals surface area contributed by atoms with E-state index in [1.54, 1.807) is 6.07 Å². The van der Waals surface area contributed by atoms with Gasteiger partial charge in [0.2, 0.25) is 0 Å². The predicted molar refractivity (Wildman–Crippen MR) is 129 cm³/mol. The fraction of sp³-hybridized carbons (Fsp3) is 0.500. The molecule has 2 aliphatic rings. The summed E-state index contributed by atoms with van der Waals surface area (Å²) >= 11 is 0. The molecule has 4 rings (SSSR count). The molecule has 0 atom stereocenters. The van der Waals surface area contributed by atoms with E-state index < -0.39 is 0 Å². The number of guanidine groups is 1. The summed E-state index contributed by atoms with van der Waals surface area (Å²) in [6.45, 7) is 11.4. The van der Waals surface area contributed by atoms with Crippen molar-refractivity contribution in [3.05, 3.63) is 54.0 Å². The van der Waals surface area contributed by atoms with Crippen LogP contribution in [0.25, 0.3) is 0 Å². The lowest BCUT2D eigenvalue weighted by Crippen LogP contribution is -2.52. The summed E-state index contributed by atoms with van der Waals surface area (Å²) in [6.07, 6.45) is 1.96. The van der Waals surface area contributed by atoms with Gasteiger partial charge in [0.1, 0.15) is 11.6 Å². The van der Waals surface area contributed by atoms with Gasteiger partial charge in [-0.25, -0.2) is 9.37 Å². The Hall–Kier alpha value is -2.87. The molecule has 8 heteroatoms. The number of nitrogens with one attached hydrogen (secondary N) is 1. The second kappa shape index (κ2) is 10.6. The number of rotatable bonds is 5. The van der Waals surface area contributed by atoms with Gasteiger partial charge in [0, 0.05) is 72.1 Å². The summed E-state index contributed by atoms with van der Waals surface area (Å²) in [5, 5.41) is 3.46. The number of anilines is 2. The molecule has 3 heterocycles. The minimum atomic E-state index is -0.161. The Kier molecular flexibility index (Phi) is 7.42. The molecule has 2 aliphatic heterocycles. The standard InChI is InChI=1S/C24H34FN7/c1-3-29-10-12-31(13-11-29)23-9-8-20(18-27-23)19-28-24(26-2)32-16-14-30(15-17-32)22-7-5-4-6-21(22)25/h4-9,18H,3,10-17,19H2,1-2H3,(H,26,28). The number of aliphatic imine (C=N–C) groups is 1. The molecule has 0 bridgehead atoms. The average Bonchev–Trinajstić information content (AvgIpc) is 2.86. The van der Waals surface area contributed by atoms with Crippen LogP contribution in [0.5, 0.6) is 0 Å². The van der Waals surface area contributed by atoms with E-state index in [1.165, 1.54) is 6.07 Å². The molecule has 1 N–H and O–H groups in total. The van der Waals surface area contributed by atoms with Crippen LogP contribution in [-0.4, -0.2) is 86.7 Å². The molecule has 1 aromatic heterocycles. The lowest BCUT2D eigenvalue weighted by Gasteiger charge is -2.37. The van der Waals surface area contributed by atoms with Crippen LogP contribution < -0.4 is 15.1 Å². The van der Waals surface area contributed by atoms with E-state index in [9.17, 15) is 4.39 Å². The van der Waals surface area contributed by atoms with E-state index in [0.717, 1.165) is 76.2 Å². The maximum Gasteiger partial charge on any atom is 0.194 e. The third kappa shape index (κ3) is 5.30. The quantitative estimate of drug-likeness (QED) is 0.570. The van der Waals surface area contributed by atoms with Crippen molar-refractivity contribution in [2.24, 2.45) is 4.99 Å². The van der Waals surface area contributed by atoms with Crippen molar-refractivity contribution in [3.63, 3.8) is 0 Å². The summed E-state index contributed by atoms with van der Waals surface area (Å²) in [6, 6.07) is 11.2. The molecular weight excluding hydrogens is 405 g/mol. The maximum absolute atomic E-state index is 14.1. The van der Waals surface area contributed by atoms with Crippen molar-refractivity contribution in [2.45, 2.75) is 13.5 Å². The van der Waals surface area contributed by atoms with Crippen LogP contribution in [0.2, 0.25) is 0 Å². The second-order valence-corrected chi connectivity index (χ2v) is 8.27. The summed E-state index contributed by atoms with van der Waals surface area (Å²) in [4.78, 5) is 18.3. The molecule has 0 saturated carbocycles. The molecule has 2 aromatic rings. The van der Waals surface area contributed by atoms with E-state index >= 15 is 0 Å². The monoisotopic (exact) mass is 439 g/mol. The van der Waals surface area contributed by atoms with Crippen LogP contribution in [0.1, 0.15) is 12.5 Å². The van der Waals surface area contributed by atoms with E-state index in [4.69, 9.17) is 4.98 Å². The first-order valence-corrected chi connectivity index (χ1v) is 11.5. The third-order valence-corrected chi connectivity index (χ3v) is 6.39. The number of halogens is 1. The summed E-state index contributed by atoms with van der Waals surface area (Å²) in [7, 11) is 1.81. The summed E-state index contributed by atoms with van der Waals surface area (Å²) in [5.41, 5.74) is 1.81. The van der Waals surface area contributed by atoms with Crippen molar-refractivity contribution < 1.29 is 4.39 Å². The predicted octanol–water partition coefficient (Wildman–Crippen LogP) is 2.26. The Morgan fingerprint density at radius 2 is 1.69 bits per heavy atom. The Morgan fingerprint density at radius 3 is 2.31 bits per heavy atom. The fourth-order valence-electron chi connectivity index (χ4n) is 4.38. The molecule has 32 heavy (non-hydrogen) atoms. The SMILES string of the molecule is CCN1CCN(c2ccc(CNC(=NC)N3CCN(c4ccccc4F)CC3)cn2)CC1. The van der Waals surface area contributed by atoms with E-state index in [0.29, 0.717) is 12.2 Å². The largest absolute Gasteiger partial charge is 0.366 e. The number of pyridine rings is 1. The van der Waals surface area contributed by atoms with Crippen molar-refractivity contribution in [2.75, 3.05) is 75.8 Å². The van der Waals surface area contributed by atoms with Crippen LogP contribution >= 0.6 is 0 Å². The highest BCUT2D eigenvalue weighted by atomic mass is 19.1. The second-order valence-electron chi connectivity index (χ2n) is 8.27. The van der Waals surface area contributed by atoms with Gasteiger partial charge >= 0.3 is 0 Å². The molecule has 0 spiro atoms. The van der Waals surface area contributed by atoms with E-state index in [-0.39, 0.29) is 5.82 Å². The van der Waals surface area contributed by atoms with Crippen LogP contribution in [0, 0.1) is 5.82 Å². The normalized spacial score (nSPS) is 18.2. The van der Waals surface area contributed by atoms with E-state index in [2.05, 4.69) is 49.0 Å². The van der Waals surface area contributed by atoms with Gasteiger partial charge < -0.3 is 24.9 Å². The molecule has 7 nitrogen and oxygen atoms in total. The number of benzene rings is 1. The smallest absolute Gasteiger partial charge is 0.194 e. The molecule has 0 aliphatic carbocycles. The van der Waals surface area contributed by atoms with Crippen LogP contribution in [0.4, 0.5) is 15.9 Å². The number of piperazine rings is 2. The van der Waals surface area contributed by atoms with Gasteiger partial charge in [0.25, 0.3) is 0 Å². The molecule has 0 amide bonds. The number of para-hydroxylation sites is 1. The molecular formula is C24H34FN7. The van der Waals surface area contributed by atoms with E-state index in [1.807, 2.05) is 25.4 Å². The van der Waals surface area contributed by atoms with Crippen LogP contribution in [-0.2, 0) is 6.54 Å². The van der Waals surface area contributed by atoms with Gasteiger partial charge in [-0.3, -0.25) is 4.99 Å².